The first kappa shape index (κ1) is 16.0. The molecule has 0 saturated carbocycles. The second-order valence-electron chi connectivity index (χ2n) is 4.98. The summed E-state index contributed by atoms with van der Waals surface area (Å²) < 4.78 is 24.4. The Labute approximate surface area is 127 Å². The van der Waals surface area contributed by atoms with Gasteiger partial charge in [0, 0.05) is 0 Å². The molecule has 4 nitrogen and oxygen atoms in total. The van der Waals surface area contributed by atoms with Gasteiger partial charge in [0.1, 0.15) is 0 Å². The zero-order valence-corrected chi connectivity index (χ0v) is 16.9. The molecular formula is C12H22O4Si4. The third kappa shape index (κ3) is 3.86. The molecule has 2 unspecified atom stereocenters. The standard InChI is InChI=1S/C12H22O4Si4/c1-6-11-7-9-12(10-8-11)20(5)15-18(3)13-17(2)14-19(4)16-20/h6-10,17-19H,1H2,2-5H3. The maximum absolute atomic E-state index is 6.28. The highest BCUT2D eigenvalue weighted by Gasteiger charge is 2.41. The Balaban J connectivity index is 2.26. The molecule has 2 atom stereocenters. The summed E-state index contributed by atoms with van der Waals surface area (Å²) in [6.07, 6.45) is 1.84. The van der Waals surface area contributed by atoms with Gasteiger partial charge in [-0.25, -0.2) is 0 Å². The van der Waals surface area contributed by atoms with E-state index in [2.05, 4.69) is 38.4 Å². The molecule has 1 saturated heterocycles. The fourth-order valence-electron chi connectivity index (χ4n) is 2.35. The fourth-order valence-corrected chi connectivity index (χ4v) is 16.6. The van der Waals surface area contributed by atoms with Gasteiger partial charge >= 0.3 is 27.1 Å². The van der Waals surface area contributed by atoms with Crippen molar-refractivity contribution in [1.29, 1.82) is 0 Å². The van der Waals surface area contributed by atoms with Crippen molar-refractivity contribution in [2.45, 2.75) is 26.2 Å². The van der Waals surface area contributed by atoms with Crippen molar-refractivity contribution in [3.05, 3.63) is 36.4 Å². The Morgan fingerprint density at radius 2 is 1.45 bits per heavy atom. The van der Waals surface area contributed by atoms with Crippen LogP contribution in [0.2, 0.25) is 26.2 Å². The highest BCUT2D eigenvalue weighted by molar-refractivity contribution is 6.89. The first-order chi connectivity index (χ1) is 9.43. The van der Waals surface area contributed by atoms with E-state index in [1.807, 2.05) is 24.8 Å². The van der Waals surface area contributed by atoms with Gasteiger partial charge in [0.25, 0.3) is 9.28 Å². The van der Waals surface area contributed by atoms with Gasteiger partial charge < -0.3 is 16.5 Å². The van der Waals surface area contributed by atoms with Gasteiger partial charge in [-0.15, -0.1) is 0 Å². The van der Waals surface area contributed by atoms with Crippen LogP contribution in [-0.2, 0) is 16.5 Å². The van der Waals surface area contributed by atoms with Crippen molar-refractivity contribution in [2.24, 2.45) is 0 Å². The van der Waals surface area contributed by atoms with Gasteiger partial charge in [-0.2, -0.15) is 0 Å². The van der Waals surface area contributed by atoms with E-state index in [-0.39, 0.29) is 0 Å². The molecule has 0 spiro atoms. The molecule has 1 aromatic rings. The molecule has 2 rings (SSSR count). The van der Waals surface area contributed by atoms with E-state index in [0.717, 1.165) is 10.8 Å². The van der Waals surface area contributed by atoms with Crippen LogP contribution in [0.4, 0.5) is 0 Å². The average molecular weight is 343 g/mol. The Kier molecular flexibility index (Phi) is 5.31. The summed E-state index contributed by atoms with van der Waals surface area (Å²) in [4.78, 5) is 0. The number of benzene rings is 1. The minimum absolute atomic E-state index is 1.10. The monoisotopic (exact) mass is 342 g/mol. The molecule has 0 N–H and O–H groups in total. The van der Waals surface area contributed by atoms with Crippen molar-refractivity contribution in [3.8, 4) is 0 Å². The largest absolute Gasteiger partial charge is 0.420 e. The molecule has 1 aliphatic rings. The third-order valence-electron chi connectivity index (χ3n) is 3.22. The Morgan fingerprint density at radius 1 is 0.950 bits per heavy atom. The predicted octanol–water partition coefficient (Wildman–Crippen LogP) is 1.24. The highest BCUT2D eigenvalue weighted by atomic mass is 28.5. The lowest BCUT2D eigenvalue weighted by Crippen LogP contribution is -2.59. The van der Waals surface area contributed by atoms with Crippen LogP contribution in [0, 0.1) is 0 Å². The SMILES string of the molecule is C=Cc1ccc([Si]2(C)O[SiH](C)O[SiH](C)O[SiH](C)O2)cc1. The summed E-state index contributed by atoms with van der Waals surface area (Å²) in [5, 5.41) is 1.13. The molecule has 1 fully saturated rings. The van der Waals surface area contributed by atoms with E-state index in [0.29, 0.717) is 0 Å². The van der Waals surface area contributed by atoms with Gasteiger partial charge in [-0.05, 0) is 36.9 Å². The molecule has 0 aliphatic carbocycles. The van der Waals surface area contributed by atoms with Crippen LogP contribution in [0.15, 0.2) is 30.8 Å². The van der Waals surface area contributed by atoms with Gasteiger partial charge in [-0.3, -0.25) is 0 Å². The summed E-state index contributed by atoms with van der Waals surface area (Å²) in [6, 6.07) is 8.25. The normalized spacial score (nSPS) is 35.1. The van der Waals surface area contributed by atoms with Crippen molar-refractivity contribution in [3.63, 3.8) is 0 Å². The molecule has 8 heteroatoms. The zero-order chi connectivity index (χ0) is 14.8. The summed E-state index contributed by atoms with van der Waals surface area (Å²) in [7, 11) is -7.38. The van der Waals surface area contributed by atoms with Gasteiger partial charge in [0.2, 0.25) is 0 Å². The van der Waals surface area contributed by atoms with Crippen LogP contribution in [0.1, 0.15) is 5.56 Å². The van der Waals surface area contributed by atoms with Gasteiger partial charge in [0.05, 0.1) is 0 Å². The number of hydrogen-bond acceptors (Lipinski definition) is 4. The van der Waals surface area contributed by atoms with Crippen LogP contribution in [0.5, 0.6) is 0 Å². The minimum atomic E-state index is -2.43. The van der Waals surface area contributed by atoms with E-state index in [1.165, 1.54) is 0 Å². The second-order valence-corrected chi connectivity index (χ2v) is 14.9. The van der Waals surface area contributed by atoms with Gasteiger partial charge in [0.15, 0.2) is 0 Å². The number of hydrogen-bond donors (Lipinski definition) is 0. The maximum Gasteiger partial charge on any atom is 0.351 e. The third-order valence-corrected chi connectivity index (χ3v) is 17.0. The van der Waals surface area contributed by atoms with Crippen LogP contribution in [0.25, 0.3) is 6.08 Å². The molecule has 0 aromatic heterocycles. The number of rotatable bonds is 2. The molecule has 20 heavy (non-hydrogen) atoms. The van der Waals surface area contributed by atoms with Crippen LogP contribution in [-0.4, -0.2) is 36.4 Å². The summed E-state index contributed by atoms with van der Waals surface area (Å²) in [5.74, 6) is 0. The van der Waals surface area contributed by atoms with E-state index in [4.69, 9.17) is 16.5 Å². The van der Waals surface area contributed by atoms with Crippen molar-refractivity contribution < 1.29 is 16.5 Å². The predicted molar refractivity (Wildman–Crippen MR) is 91.2 cm³/mol. The molecule has 0 radical (unpaired) electrons. The molecular weight excluding hydrogens is 320 g/mol. The molecule has 110 valence electrons. The summed E-state index contributed by atoms with van der Waals surface area (Å²) in [5.41, 5.74) is 1.10. The molecule has 1 aliphatic heterocycles. The van der Waals surface area contributed by atoms with Crippen LogP contribution < -0.4 is 5.19 Å². The Morgan fingerprint density at radius 3 is 1.90 bits per heavy atom. The Bertz CT molecular complexity index is 453. The maximum atomic E-state index is 6.28. The molecule has 0 amide bonds. The fraction of sp³-hybridized carbons (Fsp3) is 0.333. The van der Waals surface area contributed by atoms with E-state index < -0.39 is 36.4 Å². The van der Waals surface area contributed by atoms with E-state index in [1.54, 1.807) is 0 Å². The first-order valence-corrected chi connectivity index (χ1v) is 15.4. The lowest BCUT2D eigenvalue weighted by Gasteiger charge is -2.37. The van der Waals surface area contributed by atoms with E-state index >= 15 is 0 Å². The zero-order valence-electron chi connectivity index (χ0n) is 12.5. The first-order valence-electron chi connectivity index (χ1n) is 6.82. The van der Waals surface area contributed by atoms with Crippen molar-refractivity contribution in [2.75, 3.05) is 0 Å². The van der Waals surface area contributed by atoms with Crippen LogP contribution >= 0.6 is 0 Å². The second kappa shape index (κ2) is 6.62. The average Bonchev–Trinajstić information content (AvgIpc) is 2.36. The summed E-state index contributed by atoms with van der Waals surface area (Å²) >= 11 is 0. The molecule has 1 heterocycles. The topological polar surface area (TPSA) is 36.9 Å². The quantitative estimate of drug-likeness (QED) is 0.758. The lowest BCUT2D eigenvalue weighted by atomic mass is 10.2. The van der Waals surface area contributed by atoms with Crippen molar-refractivity contribution >= 4 is 47.7 Å². The molecule has 0 bridgehead atoms. The smallest absolute Gasteiger partial charge is 0.351 e. The van der Waals surface area contributed by atoms with Gasteiger partial charge in [-0.1, -0.05) is 36.9 Å². The molecule has 1 aromatic carbocycles. The van der Waals surface area contributed by atoms with Crippen LogP contribution in [0.3, 0.4) is 0 Å². The highest BCUT2D eigenvalue weighted by Crippen LogP contribution is 2.17. The van der Waals surface area contributed by atoms with Crippen molar-refractivity contribution in [1.82, 2.24) is 0 Å². The van der Waals surface area contributed by atoms with E-state index in [9.17, 15) is 0 Å². The minimum Gasteiger partial charge on any atom is -0.420 e. The lowest BCUT2D eigenvalue weighted by molar-refractivity contribution is 0.284. The Hall–Kier alpha value is -0.332. The summed E-state index contributed by atoms with van der Waals surface area (Å²) in [6.45, 7) is 12.0.